The van der Waals surface area contributed by atoms with Crippen LogP contribution in [0, 0.1) is 0 Å². The SMILES string of the molecule is C=C(C)C(=O)NCCC(=O)OC. The fraction of sp³-hybridized carbons (Fsp3) is 0.500. The highest BCUT2D eigenvalue weighted by Crippen LogP contribution is 1.86. The van der Waals surface area contributed by atoms with Gasteiger partial charge in [0.05, 0.1) is 13.5 Å². The van der Waals surface area contributed by atoms with Gasteiger partial charge in [0.25, 0.3) is 0 Å². The van der Waals surface area contributed by atoms with Crippen molar-refractivity contribution >= 4 is 11.9 Å². The third kappa shape index (κ3) is 4.49. The lowest BCUT2D eigenvalue weighted by Crippen LogP contribution is -2.26. The van der Waals surface area contributed by atoms with E-state index in [0.29, 0.717) is 12.1 Å². The first-order valence-electron chi connectivity index (χ1n) is 3.58. The largest absolute Gasteiger partial charge is 0.469 e. The number of methoxy groups -OCH3 is 1. The van der Waals surface area contributed by atoms with Gasteiger partial charge < -0.3 is 10.1 Å². The van der Waals surface area contributed by atoms with Crippen LogP contribution in [0.25, 0.3) is 0 Å². The van der Waals surface area contributed by atoms with Gasteiger partial charge in [0, 0.05) is 12.1 Å². The Morgan fingerprint density at radius 3 is 2.50 bits per heavy atom. The van der Waals surface area contributed by atoms with Gasteiger partial charge in [-0.3, -0.25) is 9.59 Å². The highest BCUT2D eigenvalue weighted by atomic mass is 16.5. The molecule has 1 amide bonds. The third-order valence-electron chi connectivity index (χ3n) is 1.23. The fourth-order valence-electron chi connectivity index (χ4n) is 0.531. The van der Waals surface area contributed by atoms with Crippen LogP contribution in [-0.4, -0.2) is 25.5 Å². The summed E-state index contributed by atoms with van der Waals surface area (Å²) in [6.45, 7) is 5.34. The van der Waals surface area contributed by atoms with Gasteiger partial charge in [0.1, 0.15) is 0 Å². The number of esters is 1. The summed E-state index contributed by atoms with van der Waals surface area (Å²) in [6.07, 6.45) is 0.190. The molecule has 0 aliphatic carbocycles. The van der Waals surface area contributed by atoms with Crippen molar-refractivity contribution in [1.29, 1.82) is 0 Å². The molecule has 0 aromatic heterocycles. The molecule has 4 heteroatoms. The normalized spacial score (nSPS) is 8.83. The average Bonchev–Trinajstić information content (AvgIpc) is 2.03. The minimum atomic E-state index is -0.336. The Labute approximate surface area is 71.6 Å². The molecule has 0 saturated heterocycles. The molecule has 0 aromatic rings. The van der Waals surface area contributed by atoms with Gasteiger partial charge in [-0.25, -0.2) is 0 Å². The number of amides is 1. The highest BCUT2D eigenvalue weighted by molar-refractivity contribution is 5.92. The number of nitrogens with one attached hydrogen (secondary N) is 1. The molecular formula is C8H13NO3. The molecule has 0 rings (SSSR count). The molecule has 0 atom stereocenters. The van der Waals surface area contributed by atoms with Gasteiger partial charge in [0.15, 0.2) is 0 Å². The Bertz CT molecular complexity index is 198. The predicted molar refractivity (Wildman–Crippen MR) is 44.5 cm³/mol. The molecule has 68 valence electrons. The molecule has 4 nitrogen and oxygen atoms in total. The van der Waals surface area contributed by atoms with Crippen molar-refractivity contribution in [2.45, 2.75) is 13.3 Å². The van der Waals surface area contributed by atoms with Crippen molar-refractivity contribution in [2.24, 2.45) is 0 Å². The molecule has 0 radical (unpaired) electrons. The second-order valence-electron chi connectivity index (χ2n) is 2.36. The first kappa shape index (κ1) is 10.7. The molecule has 1 N–H and O–H groups in total. The third-order valence-corrected chi connectivity index (χ3v) is 1.23. The van der Waals surface area contributed by atoms with Crippen LogP contribution in [0.1, 0.15) is 13.3 Å². The van der Waals surface area contributed by atoms with Crippen LogP contribution < -0.4 is 5.32 Å². The number of carbonyl (C=O) groups is 2. The summed E-state index contributed by atoms with van der Waals surface area (Å²) < 4.78 is 4.38. The quantitative estimate of drug-likeness (QED) is 0.487. The molecule has 0 aromatic carbocycles. The van der Waals surface area contributed by atoms with Crippen LogP contribution >= 0.6 is 0 Å². The van der Waals surface area contributed by atoms with Crippen LogP contribution in [0.2, 0.25) is 0 Å². The molecule has 0 aliphatic heterocycles. The molecule has 12 heavy (non-hydrogen) atoms. The molecule has 0 unspecified atom stereocenters. The minimum Gasteiger partial charge on any atom is -0.469 e. The van der Waals surface area contributed by atoms with E-state index in [1.165, 1.54) is 7.11 Å². The maximum absolute atomic E-state index is 10.8. The van der Waals surface area contributed by atoms with Crippen LogP contribution in [-0.2, 0) is 14.3 Å². The van der Waals surface area contributed by atoms with Gasteiger partial charge >= 0.3 is 5.97 Å². The van der Waals surface area contributed by atoms with Gasteiger partial charge in [0.2, 0.25) is 5.91 Å². The topological polar surface area (TPSA) is 55.4 Å². The minimum absolute atomic E-state index is 0.190. The molecule has 0 bridgehead atoms. The van der Waals surface area contributed by atoms with Crippen molar-refractivity contribution in [2.75, 3.05) is 13.7 Å². The number of carbonyl (C=O) groups excluding carboxylic acids is 2. The Balaban J connectivity index is 3.50. The summed E-state index contributed by atoms with van der Waals surface area (Å²) >= 11 is 0. The Morgan fingerprint density at radius 2 is 2.08 bits per heavy atom. The first-order valence-corrected chi connectivity index (χ1v) is 3.58. The van der Waals surface area contributed by atoms with Gasteiger partial charge in [-0.1, -0.05) is 6.58 Å². The summed E-state index contributed by atoms with van der Waals surface area (Å²) in [5.74, 6) is -0.573. The number of rotatable bonds is 4. The standard InChI is InChI=1S/C8H13NO3/c1-6(2)8(11)9-5-4-7(10)12-3/h1,4-5H2,2-3H3,(H,9,11). The van der Waals surface area contributed by atoms with Crippen molar-refractivity contribution < 1.29 is 14.3 Å². The molecule has 0 aliphatic rings. The lowest BCUT2D eigenvalue weighted by atomic mass is 10.3. The summed E-state index contributed by atoms with van der Waals surface area (Å²) in [5, 5.41) is 2.51. The Hall–Kier alpha value is -1.32. The van der Waals surface area contributed by atoms with Crippen molar-refractivity contribution in [3.63, 3.8) is 0 Å². The van der Waals surface area contributed by atoms with Gasteiger partial charge in [-0.2, -0.15) is 0 Å². The summed E-state index contributed by atoms with van der Waals surface area (Å²) in [6, 6.07) is 0. The Kier molecular flexibility index (Phi) is 4.76. The zero-order valence-corrected chi connectivity index (χ0v) is 7.35. The van der Waals surface area contributed by atoms with Crippen LogP contribution in [0.15, 0.2) is 12.2 Å². The van der Waals surface area contributed by atoms with Crippen molar-refractivity contribution in [1.82, 2.24) is 5.32 Å². The average molecular weight is 171 g/mol. The summed E-state index contributed by atoms with van der Waals surface area (Å²) in [4.78, 5) is 21.4. The van der Waals surface area contributed by atoms with E-state index >= 15 is 0 Å². The summed E-state index contributed by atoms with van der Waals surface area (Å²) in [5.41, 5.74) is 0.430. The zero-order valence-electron chi connectivity index (χ0n) is 7.35. The second kappa shape index (κ2) is 5.35. The van der Waals surface area contributed by atoms with Gasteiger partial charge in [-0.15, -0.1) is 0 Å². The van der Waals surface area contributed by atoms with E-state index in [2.05, 4.69) is 16.6 Å². The van der Waals surface area contributed by atoms with E-state index in [-0.39, 0.29) is 18.3 Å². The van der Waals surface area contributed by atoms with E-state index in [0.717, 1.165) is 0 Å². The molecule has 0 heterocycles. The molecule has 0 fully saturated rings. The highest BCUT2D eigenvalue weighted by Gasteiger charge is 2.02. The van der Waals surface area contributed by atoms with Crippen LogP contribution in [0.4, 0.5) is 0 Å². The van der Waals surface area contributed by atoms with Gasteiger partial charge in [-0.05, 0) is 6.92 Å². The molecular weight excluding hydrogens is 158 g/mol. The summed E-state index contributed by atoms with van der Waals surface area (Å²) in [7, 11) is 1.31. The first-order chi connectivity index (χ1) is 5.57. The van der Waals surface area contributed by atoms with E-state index in [4.69, 9.17) is 0 Å². The van der Waals surface area contributed by atoms with Crippen LogP contribution in [0.3, 0.4) is 0 Å². The lowest BCUT2D eigenvalue weighted by Gasteiger charge is -2.02. The van der Waals surface area contributed by atoms with E-state index in [1.54, 1.807) is 6.92 Å². The number of hydrogen-bond acceptors (Lipinski definition) is 3. The van der Waals surface area contributed by atoms with E-state index in [9.17, 15) is 9.59 Å². The van der Waals surface area contributed by atoms with Crippen molar-refractivity contribution in [3.8, 4) is 0 Å². The van der Waals surface area contributed by atoms with Crippen molar-refractivity contribution in [3.05, 3.63) is 12.2 Å². The Morgan fingerprint density at radius 1 is 1.50 bits per heavy atom. The van der Waals surface area contributed by atoms with E-state index in [1.807, 2.05) is 0 Å². The zero-order chi connectivity index (χ0) is 9.56. The maximum Gasteiger partial charge on any atom is 0.307 e. The van der Waals surface area contributed by atoms with Crippen LogP contribution in [0.5, 0.6) is 0 Å². The second-order valence-corrected chi connectivity index (χ2v) is 2.36. The lowest BCUT2D eigenvalue weighted by molar-refractivity contribution is -0.140. The number of ether oxygens (including phenoxy) is 1. The molecule has 0 saturated carbocycles. The predicted octanol–water partition coefficient (Wildman–Crippen LogP) is 0.242. The monoisotopic (exact) mass is 171 g/mol. The maximum atomic E-state index is 10.8. The smallest absolute Gasteiger partial charge is 0.307 e. The fourth-order valence-corrected chi connectivity index (χ4v) is 0.531. The molecule has 0 spiro atoms. The number of hydrogen-bond donors (Lipinski definition) is 1. The van der Waals surface area contributed by atoms with E-state index < -0.39 is 0 Å².